The number of carbonyl (C=O) groups excluding carboxylic acids is 1. The number of ether oxygens (including phenoxy) is 1. The molecule has 1 aromatic carbocycles. The molecule has 2 rings (SSSR count). The molecule has 0 spiro atoms. The number of hydrogen-bond donors (Lipinski definition) is 1. The normalized spacial score (nSPS) is 19.1. The molecule has 4 nitrogen and oxygen atoms in total. The Bertz CT molecular complexity index is 476. The summed E-state index contributed by atoms with van der Waals surface area (Å²) >= 11 is 6.23. The third kappa shape index (κ3) is 2.31. The molecule has 5 heteroatoms. The number of amides is 1. The van der Waals surface area contributed by atoms with Gasteiger partial charge in [0.15, 0.2) is 0 Å². The lowest BCUT2D eigenvalue weighted by Gasteiger charge is -2.24. The highest BCUT2D eigenvalue weighted by atomic mass is 35.5. The van der Waals surface area contributed by atoms with Crippen molar-refractivity contribution in [3.8, 4) is 5.75 Å². The third-order valence-electron chi connectivity index (χ3n) is 3.25. The molecule has 0 bridgehead atoms. The number of methoxy groups -OCH3 is 1. The van der Waals surface area contributed by atoms with Gasteiger partial charge in [-0.25, -0.2) is 0 Å². The van der Waals surface area contributed by atoms with Gasteiger partial charge in [-0.2, -0.15) is 0 Å². The van der Waals surface area contributed by atoms with Gasteiger partial charge >= 0.3 is 0 Å². The summed E-state index contributed by atoms with van der Waals surface area (Å²) in [6, 6.07) is 3.58. The van der Waals surface area contributed by atoms with E-state index in [2.05, 4.69) is 0 Å². The van der Waals surface area contributed by atoms with Gasteiger partial charge in [0.05, 0.1) is 12.8 Å². The lowest BCUT2D eigenvalue weighted by Crippen LogP contribution is -2.31. The second kappa shape index (κ2) is 5.16. The first-order chi connectivity index (χ1) is 8.54. The molecule has 1 amide bonds. The van der Waals surface area contributed by atoms with E-state index in [1.807, 2.05) is 0 Å². The Morgan fingerprint density at radius 1 is 1.56 bits per heavy atom. The van der Waals surface area contributed by atoms with Crippen LogP contribution in [0.5, 0.6) is 5.75 Å². The number of anilines is 1. The zero-order valence-corrected chi connectivity index (χ0v) is 11.3. The van der Waals surface area contributed by atoms with Gasteiger partial charge in [-0.3, -0.25) is 4.79 Å². The Labute approximate surface area is 112 Å². The Hall–Kier alpha value is -1.26. The molecule has 1 atom stereocenters. The summed E-state index contributed by atoms with van der Waals surface area (Å²) in [5.41, 5.74) is 7.70. The molecule has 1 heterocycles. The number of halogens is 1. The Balaban J connectivity index is 2.62. The number of carbonyl (C=O) groups is 1. The molecular weight excluding hydrogens is 252 g/mol. The van der Waals surface area contributed by atoms with Gasteiger partial charge in [-0.1, -0.05) is 11.6 Å². The van der Waals surface area contributed by atoms with E-state index in [0.29, 0.717) is 23.7 Å². The monoisotopic (exact) mass is 268 g/mol. The minimum absolute atomic E-state index is 0.0118. The standard InChI is InChI=1S/C13H17ClN2O2/c1-8(17)16-6-5-9(15)7-10-11(14)3-4-12(18-2)13(10)16/h3-4,9H,5-7,15H2,1-2H3. The molecule has 0 saturated heterocycles. The number of rotatable bonds is 1. The molecule has 1 unspecified atom stereocenters. The van der Waals surface area contributed by atoms with Crippen LogP contribution >= 0.6 is 11.6 Å². The lowest BCUT2D eigenvalue weighted by atomic mass is 10.0. The first-order valence-corrected chi connectivity index (χ1v) is 6.31. The minimum atomic E-state index is -0.0223. The van der Waals surface area contributed by atoms with Gasteiger partial charge in [0, 0.05) is 24.5 Å². The van der Waals surface area contributed by atoms with Crippen LogP contribution in [0.25, 0.3) is 0 Å². The molecule has 0 aromatic heterocycles. The van der Waals surface area contributed by atoms with E-state index in [-0.39, 0.29) is 11.9 Å². The summed E-state index contributed by atoms with van der Waals surface area (Å²) in [6.45, 7) is 2.14. The summed E-state index contributed by atoms with van der Waals surface area (Å²) in [6.07, 6.45) is 1.42. The predicted molar refractivity (Wildman–Crippen MR) is 72.3 cm³/mol. The highest BCUT2D eigenvalue weighted by Crippen LogP contribution is 2.39. The van der Waals surface area contributed by atoms with Crippen LogP contribution in [0.2, 0.25) is 5.02 Å². The van der Waals surface area contributed by atoms with Gasteiger partial charge in [0.2, 0.25) is 5.91 Å². The molecule has 98 valence electrons. The fourth-order valence-corrected chi connectivity index (χ4v) is 2.56. The van der Waals surface area contributed by atoms with E-state index in [1.165, 1.54) is 0 Å². The smallest absolute Gasteiger partial charge is 0.223 e. The second-order valence-corrected chi connectivity index (χ2v) is 4.91. The zero-order chi connectivity index (χ0) is 13.3. The van der Waals surface area contributed by atoms with Crippen molar-refractivity contribution in [3.63, 3.8) is 0 Å². The maximum absolute atomic E-state index is 11.8. The van der Waals surface area contributed by atoms with Crippen molar-refractivity contribution >= 4 is 23.2 Å². The van der Waals surface area contributed by atoms with Crippen LogP contribution in [0.1, 0.15) is 18.9 Å². The van der Waals surface area contributed by atoms with Crippen molar-refractivity contribution in [2.75, 3.05) is 18.6 Å². The fraction of sp³-hybridized carbons (Fsp3) is 0.462. The van der Waals surface area contributed by atoms with Crippen molar-refractivity contribution in [2.24, 2.45) is 5.73 Å². The summed E-state index contributed by atoms with van der Waals surface area (Å²) < 4.78 is 5.35. The molecule has 0 fully saturated rings. The van der Waals surface area contributed by atoms with Gasteiger partial charge in [-0.05, 0) is 30.5 Å². The van der Waals surface area contributed by atoms with Crippen molar-refractivity contribution in [1.29, 1.82) is 0 Å². The highest BCUT2D eigenvalue weighted by Gasteiger charge is 2.26. The molecule has 18 heavy (non-hydrogen) atoms. The maximum Gasteiger partial charge on any atom is 0.223 e. The predicted octanol–water partition coefficient (Wildman–Crippen LogP) is 1.97. The average molecular weight is 269 g/mol. The van der Waals surface area contributed by atoms with Crippen LogP contribution in [-0.2, 0) is 11.2 Å². The van der Waals surface area contributed by atoms with Crippen LogP contribution in [0, 0.1) is 0 Å². The summed E-state index contributed by atoms with van der Waals surface area (Å²) in [5, 5.41) is 0.634. The molecule has 0 aliphatic carbocycles. The van der Waals surface area contributed by atoms with Crippen molar-refractivity contribution < 1.29 is 9.53 Å². The first kappa shape index (κ1) is 13.2. The average Bonchev–Trinajstić information content (AvgIpc) is 2.50. The fourth-order valence-electron chi connectivity index (χ4n) is 2.33. The Morgan fingerprint density at radius 2 is 2.28 bits per heavy atom. The maximum atomic E-state index is 11.8. The number of benzene rings is 1. The minimum Gasteiger partial charge on any atom is -0.495 e. The number of nitrogens with two attached hydrogens (primary N) is 1. The summed E-state index contributed by atoms with van der Waals surface area (Å²) in [5.74, 6) is 0.643. The highest BCUT2D eigenvalue weighted by molar-refractivity contribution is 6.32. The number of fused-ring (bicyclic) bond motifs is 1. The Morgan fingerprint density at radius 3 is 2.89 bits per heavy atom. The van der Waals surface area contributed by atoms with E-state index in [1.54, 1.807) is 31.1 Å². The van der Waals surface area contributed by atoms with Crippen LogP contribution in [0.3, 0.4) is 0 Å². The molecular formula is C13H17ClN2O2. The lowest BCUT2D eigenvalue weighted by molar-refractivity contribution is -0.116. The van der Waals surface area contributed by atoms with Crippen LogP contribution in [0.15, 0.2) is 12.1 Å². The molecule has 2 N–H and O–H groups in total. The van der Waals surface area contributed by atoms with E-state index < -0.39 is 0 Å². The van der Waals surface area contributed by atoms with Crippen LogP contribution < -0.4 is 15.4 Å². The van der Waals surface area contributed by atoms with Crippen LogP contribution in [0.4, 0.5) is 5.69 Å². The molecule has 0 saturated carbocycles. The van der Waals surface area contributed by atoms with Gasteiger partial charge < -0.3 is 15.4 Å². The quantitative estimate of drug-likeness (QED) is 0.847. The summed E-state index contributed by atoms with van der Waals surface area (Å²) in [4.78, 5) is 13.5. The van der Waals surface area contributed by atoms with Crippen molar-refractivity contribution in [2.45, 2.75) is 25.8 Å². The molecule has 1 aliphatic rings. The van der Waals surface area contributed by atoms with Crippen LogP contribution in [-0.4, -0.2) is 25.6 Å². The number of hydrogen-bond acceptors (Lipinski definition) is 3. The van der Waals surface area contributed by atoms with Crippen molar-refractivity contribution in [1.82, 2.24) is 0 Å². The van der Waals surface area contributed by atoms with Gasteiger partial charge in [-0.15, -0.1) is 0 Å². The topological polar surface area (TPSA) is 55.6 Å². The Kier molecular flexibility index (Phi) is 3.78. The van der Waals surface area contributed by atoms with E-state index in [4.69, 9.17) is 22.1 Å². The van der Waals surface area contributed by atoms with Gasteiger partial charge in [0.1, 0.15) is 5.75 Å². The first-order valence-electron chi connectivity index (χ1n) is 5.93. The molecule has 1 aliphatic heterocycles. The second-order valence-electron chi connectivity index (χ2n) is 4.50. The largest absolute Gasteiger partial charge is 0.495 e. The van der Waals surface area contributed by atoms with E-state index in [9.17, 15) is 4.79 Å². The zero-order valence-electron chi connectivity index (χ0n) is 10.6. The molecule has 0 radical (unpaired) electrons. The van der Waals surface area contributed by atoms with E-state index >= 15 is 0 Å². The SMILES string of the molecule is COc1ccc(Cl)c2c1N(C(C)=O)CCC(N)C2. The summed E-state index contributed by atoms with van der Waals surface area (Å²) in [7, 11) is 1.59. The van der Waals surface area contributed by atoms with Crippen molar-refractivity contribution in [3.05, 3.63) is 22.7 Å². The number of nitrogens with zero attached hydrogens (tertiary/aromatic N) is 1. The third-order valence-corrected chi connectivity index (χ3v) is 3.60. The van der Waals surface area contributed by atoms with E-state index in [0.717, 1.165) is 17.7 Å². The molecule has 1 aromatic rings. The van der Waals surface area contributed by atoms with Gasteiger partial charge in [0.25, 0.3) is 0 Å².